The van der Waals surface area contributed by atoms with Gasteiger partial charge in [0.25, 0.3) is 5.91 Å². The van der Waals surface area contributed by atoms with Gasteiger partial charge in [0.1, 0.15) is 0 Å². The van der Waals surface area contributed by atoms with Crippen LogP contribution in [0.1, 0.15) is 85.8 Å². The van der Waals surface area contributed by atoms with E-state index in [2.05, 4.69) is 30.7 Å². The lowest BCUT2D eigenvalue weighted by Crippen LogP contribution is -2.61. The van der Waals surface area contributed by atoms with Crippen molar-refractivity contribution < 1.29 is 37.4 Å². The van der Waals surface area contributed by atoms with Gasteiger partial charge in [-0.15, -0.1) is 10.2 Å². The van der Waals surface area contributed by atoms with E-state index < -0.39 is 18.2 Å². The van der Waals surface area contributed by atoms with Crippen LogP contribution >= 0.6 is 0 Å². The topological polar surface area (TPSA) is 161 Å². The summed E-state index contributed by atoms with van der Waals surface area (Å²) in [5.41, 5.74) is 1.69. The van der Waals surface area contributed by atoms with E-state index in [0.717, 1.165) is 50.9 Å². The van der Waals surface area contributed by atoms with Gasteiger partial charge in [-0.05, 0) is 69.7 Å². The zero-order valence-electron chi connectivity index (χ0n) is 25.4. The molecule has 2 aromatic heterocycles. The number of likely N-dealkylation sites (tertiary alicyclic amines) is 2. The minimum Gasteiger partial charge on any atom is -0.475 e. The molecule has 14 nitrogen and oxygen atoms in total. The lowest BCUT2D eigenvalue weighted by Gasteiger charge is -2.50. The summed E-state index contributed by atoms with van der Waals surface area (Å²) in [5, 5.41) is 27.9. The Hall–Kier alpha value is -3.60. The monoisotopic (exact) mass is 639 g/mol. The fraction of sp³-hybridized carbons (Fsp3) is 0.750. The number of ether oxygens (including phenoxy) is 1. The zero-order chi connectivity index (χ0) is 32.3. The van der Waals surface area contributed by atoms with Crippen molar-refractivity contribution >= 4 is 17.8 Å². The molecule has 4 aliphatic rings. The van der Waals surface area contributed by atoms with Crippen molar-refractivity contribution in [3.63, 3.8) is 0 Å². The number of nitrogens with zero attached hydrogens (tertiary/aromatic N) is 8. The number of aryl methyl sites for hydroxylation is 2. The fourth-order valence-corrected chi connectivity index (χ4v) is 6.49. The smallest absolute Gasteiger partial charge is 0.475 e. The molecule has 3 aliphatic heterocycles. The lowest BCUT2D eigenvalue weighted by molar-refractivity contribution is -0.192. The molecular weight excluding hydrogens is 599 g/mol. The Kier molecular flexibility index (Phi) is 10.1. The first-order valence-corrected chi connectivity index (χ1v) is 15.5. The number of piperidine rings is 2. The highest BCUT2D eigenvalue weighted by Gasteiger charge is 2.46. The van der Waals surface area contributed by atoms with Crippen molar-refractivity contribution in [2.24, 2.45) is 13.0 Å². The third kappa shape index (κ3) is 7.62. The molecule has 4 unspecified atom stereocenters. The molecule has 45 heavy (non-hydrogen) atoms. The Morgan fingerprint density at radius 1 is 1.09 bits per heavy atom. The highest BCUT2D eigenvalue weighted by Crippen LogP contribution is 2.40. The number of hydrogen-bond donors (Lipinski definition) is 2. The van der Waals surface area contributed by atoms with E-state index in [9.17, 15) is 22.8 Å². The van der Waals surface area contributed by atoms with E-state index in [1.54, 1.807) is 0 Å². The van der Waals surface area contributed by atoms with Gasteiger partial charge in [0.05, 0.1) is 13.2 Å². The van der Waals surface area contributed by atoms with E-state index in [1.165, 1.54) is 17.6 Å². The molecule has 4 fully saturated rings. The predicted octanol–water partition coefficient (Wildman–Crippen LogP) is 1.90. The summed E-state index contributed by atoms with van der Waals surface area (Å²) in [4.78, 5) is 42.1. The maximum absolute atomic E-state index is 13.7. The van der Waals surface area contributed by atoms with Crippen LogP contribution in [0, 0.1) is 5.92 Å². The van der Waals surface area contributed by atoms with Gasteiger partial charge in [-0.3, -0.25) is 19.2 Å². The highest BCUT2D eigenvalue weighted by atomic mass is 19.4. The Bertz CT molecular complexity index is 1360. The minimum atomic E-state index is -5.08. The average Bonchev–Trinajstić information content (AvgIpc) is 3.35. The van der Waals surface area contributed by atoms with E-state index >= 15 is 0 Å². The highest BCUT2D eigenvalue weighted by molar-refractivity contribution is 5.93. The summed E-state index contributed by atoms with van der Waals surface area (Å²) in [6.45, 7) is 6.00. The van der Waals surface area contributed by atoms with Crippen LogP contribution in [0.2, 0.25) is 0 Å². The van der Waals surface area contributed by atoms with E-state index in [-0.39, 0.29) is 23.9 Å². The SMILES string of the molecule is CCn1nnc(C(C(=O)NCC2CCOC2)N2CCCC3C2CCCN3C(=O)c2cc(C3CC3)n(C)n2)n1.O=C(O)C(F)(F)F. The second kappa shape index (κ2) is 13.8. The first-order chi connectivity index (χ1) is 21.5. The summed E-state index contributed by atoms with van der Waals surface area (Å²) < 4.78 is 39.1. The number of halogens is 3. The number of carboxylic acid groups (broad SMARTS) is 1. The second-order valence-corrected chi connectivity index (χ2v) is 12.0. The van der Waals surface area contributed by atoms with Gasteiger partial charge in [0.2, 0.25) is 11.7 Å². The number of tetrazole rings is 1. The molecule has 0 spiro atoms. The molecule has 2 amide bonds. The van der Waals surface area contributed by atoms with Gasteiger partial charge in [-0.25, -0.2) is 4.79 Å². The van der Waals surface area contributed by atoms with E-state index in [1.807, 2.05) is 29.6 Å². The molecule has 248 valence electrons. The van der Waals surface area contributed by atoms with Crippen molar-refractivity contribution in [2.75, 3.05) is 32.8 Å². The number of alkyl halides is 3. The molecule has 4 atom stereocenters. The van der Waals surface area contributed by atoms with Crippen LogP contribution in [0.5, 0.6) is 0 Å². The number of rotatable bonds is 8. The molecule has 2 aromatic rings. The van der Waals surface area contributed by atoms with Crippen LogP contribution in [0.25, 0.3) is 0 Å². The van der Waals surface area contributed by atoms with Gasteiger partial charge in [0, 0.05) is 56.4 Å². The van der Waals surface area contributed by atoms with Crippen LogP contribution < -0.4 is 5.32 Å². The third-order valence-electron chi connectivity index (χ3n) is 8.88. The molecule has 1 aliphatic carbocycles. The zero-order valence-corrected chi connectivity index (χ0v) is 25.4. The number of aromatic nitrogens is 6. The van der Waals surface area contributed by atoms with Crippen molar-refractivity contribution in [3.8, 4) is 0 Å². The number of carbonyl (C=O) groups excluding carboxylic acids is 2. The summed E-state index contributed by atoms with van der Waals surface area (Å²) in [6.07, 6.45) is 1.83. The number of fused-ring (bicyclic) bond motifs is 1. The van der Waals surface area contributed by atoms with Crippen LogP contribution in [-0.2, 0) is 27.9 Å². The van der Waals surface area contributed by atoms with Crippen LogP contribution in [-0.4, -0.2) is 114 Å². The molecule has 0 bridgehead atoms. The van der Waals surface area contributed by atoms with Crippen molar-refractivity contribution in [2.45, 2.75) is 88.6 Å². The number of amides is 2. The van der Waals surface area contributed by atoms with Crippen molar-refractivity contribution in [3.05, 3.63) is 23.3 Å². The standard InChI is InChI=1S/C26H39N9O3.C2HF3O2/c1-3-35-30-24(28-31-35)23(25(36)27-15-17-10-13-38-16-17)33-11-4-7-21-20(33)6-5-12-34(21)26(37)19-14-22(18-8-9-18)32(2)29-19;3-2(4,5)1(6)7/h14,17-18,20-21,23H,3-13,15-16H2,1-2H3,(H,27,36);(H,6,7). The summed E-state index contributed by atoms with van der Waals surface area (Å²) >= 11 is 0. The van der Waals surface area contributed by atoms with Crippen LogP contribution in [0.3, 0.4) is 0 Å². The Labute approximate surface area is 258 Å². The number of aliphatic carboxylic acids is 1. The fourth-order valence-electron chi connectivity index (χ4n) is 6.49. The van der Waals surface area contributed by atoms with Crippen LogP contribution in [0.15, 0.2) is 6.07 Å². The molecule has 0 radical (unpaired) electrons. The Morgan fingerprint density at radius 2 is 1.80 bits per heavy atom. The minimum absolute atomic E-state index is 0.00124. The molecule has 0 aromatic carbocycles. The lowest BCUT2D eigenvalue weighted by atomic mass is 9.86. The largest absolute Gasteiger partial charge is 0.490 e. The molecule has 2 N–H and O–H groups in total. The molecule has 5 heterocycles. The molecule has 17 heteroatoms. The van der Waals surface area contributed by atoms with Gasteiger partial charge >= 0.3 is 12.1 Å². The number of hydrogen-bond acceptors (Lipinski definition) is 9. The predicted molar refractivity (Wildman–Crippen MR) is 151 cm³/mol. The van der Waals surface area contributed by atoms with E-state index in [0.29, 0.717) is 49.6 Å². The van der Waals surface area contributed by atoms with Gasteiger partial charge < -0.3 is 20.1 Å². The summed E-state index contributed by atoms with van der Waals surface area (Å²) in [5.74, 6) is -1.57. The number of nitrogens with one attached hydrogen (secondary N) is 1. The normalized spacial score (nSPS) is 24.4. The van der Waals surface area contributed by atoms with Crippen LogP contribution in [0.4, 0.5) is 13.2 Å². The Balaban J connectivity index is 0.000000515. The van der Waals surface area contributed by atoms with Crippen molar-refractivity contribution in [1.82, 2.24) is 45.1 Å². The number of carbonyl (C=O) groups is 3. The maximum atomic E-state index is 13.7. The number of carboxylic acids is 1. The molecular formula is C28H40F3N9O5. The molecule has 3 saturated heterocycles. The second-order valence-electron chi connectivity index (χ2n) is 12.0. The van der Waals surface area contributed by atoms with Gasteiger partial charge in [0.15, 0.2) is 11.7 Å². The average molecular weight is 640 g/mol. The first kappa shape index (κ1) is 32.8. The van der Waals surface area contributed by atoms with E-state index in [4.69, 9.17) is 14.6 Å². The quantitative estimate of drug-likeness (QED) is 0.437. The Morgan fingerprint density at radius 3 is 2.42 bits per heavy atom. The third-order valence-corrected chi connectivity index (χ3v) is 8.88. The molecule has 1 saturated carbocycles. The van der Waals surface area contributed by atoms with Gasteiger partial charge in [-0.2, -0.15) is 23.1 Å². The summed E-state index contributed by atoms with van der Waals surface area (Å²) in [7, 11) is 1.93. The van der Waals surface area contributed by atoms with Gasteiger partial charge in [-0.1, -0.05) is 0 Å². The summed E-state index contributed by atoms with van der Waals surface area (Å²) in [6, 6.07) is 1.42. The maximum Gasteiger partial charge on any atom is 0.490 e. The van der Waals surface area contributed by atoms with Crippen molar-refractivity contribution in [1.29, 1.82) is 0 Å². The molecule has 6 rings (SSSR count). The first-order valence-electron chi connectivity index (χ1n) is 15.5.